The lowest BCUT2D eigenvalue weighted by molar-refractivity contribution is -0.160. The fourth-order valence-electron chi connectivity index (χ4n) is 1.54. The molecule has 0 saturated carbocycles. The van der Waals surface area contributed by atoms with Gasteiger partial charge >= 0.3 is 5.97 Å². The van der Waals surface area contributed by atoms with Crippen LogP contribution in [0.5, 0.6) is 0 Å². The fourth-order valence-corrected chi connectivity index (χ4v) is 1.54. The number of methoxy groups -OCH3 is 1. The molecular formula is C12H24N2O4. The Morgan fingerprint density at radius 2 is 1.89 bits per heavy atom. The summed E-state index contributed by atoms with van der Waals surface area (Å²) in [5.41, 5.74) is -1.63. The smallest absolute Gasteiger partial charge is 0.338 e. The van der Waals surface area contributed by atoms with E-state index < -0.39 is 17.6 Å². The fraction of sp³-hybridized carbons (Fsp3) is 0.833. The van der Waals surface area contributed by atoms with Crippen molar-refractivity contribution in [2.45, 2.75) is 39.3 Å². The predicted molar refractivity (Wildman–Crippen MR) is 68.0 cm³/mol. The number of carbonyl (C=O) groups is 2. The van der Waals surface area contributed by atoms with Gasteiger partial charge in [0.2, 0.25) is 5.91 Å². The maximum Gasteiger partial charge on any atom is 0.338 e. The molecule has 2 N–H and O–H groups in total. The number of hydrogen-bond acceptors (Lipinski definition) is 5. The normalized spacial score (nSPS) is 15.7. The van der Waals surface area contributed by atoms with E-state index in [4.69, 9.17) is 0 Å². The molecule has 0 spiro atoms. The first-order chi connectivity index (χ1) is 8.30. The van der Waals surface area contributed by atoms with Gasteiger partial charge in [0.05, 0.1) is 13.2 Å². The number of ether oxygens (including phenoxy) is 1. The number of aliphatic hydroxyl groups is 1. The van der Waals surface area contributed by atoms with Crippen LogP contribution in [0.2, 0.25) is 0 Å². The average molecular weight is 260 g/mol. The number of nitrogens with zero attached hydrogens (tertiary/aromatic N) is 1. The Balaban J connectivity index is 4.37. The van der Waals surface area contributed by atoms with E-state index in [0.717, 1.165) is 0 Å². The first-order valence-electron chi connectivity index (χ1n) is 6.13. The molecule has 1 amide bonds. The van der Waals surface area contributed by atoms with Gasteiger partial charge in [-0.2, -0.15) is 0 Å². The number of amides is 1. The zero-order valence-corrected chi connectivity index (χ0v) is 11.8. The van der Waals surface area contributed by atoms with E-state index >= 15 is 0 Å². The Morgan fingerprint density at radius 1 is 1.39 bits per heavy atom. The zero-order chi connectivity index (χ0) is 14.3. The molecule has 0 bridgehead atoms. The van der Waals surface area contributed by atoms with Gasteiger partial charge in [0.15, 0.2) is 5.60 Å². The van der Waals surface area contributed by atoms with Crippen molar-refractivity contribution in [2.75, 3.05) is 26.7 Å². The summed E-state index contributed by atoms with van der Waals surface area (Å²) in [5, 5.41) is 12.6. The molecule has 106 valence electrons. The number of rotatable bonds is 7. The second-order valence-corrected chi connectivity index (χ2v) is 4.38. The van der Waals surface area contributed by atoms with Crippen molar-refractivity contribution < 1.29 is 19.4 Å². The quantitative estimate of drug-likeness (QED) is 0.618. The van der Waals surface area contributed by atoms with Gasteiger partial charge in [-0.25, -0.2) is 4.79 Å². The van der Waals surface area contributed by atoms with E-state index in [1.165, 1.54) is 14.0 Å². The van der Waals surface area contributed by atoms with Crippen LogP contribution in [-0.4, -0.2) is 60.3 Å². The Morgan fingerprint density at radius 3 is 2.28 bits per heavy atom. The highest BCUT2D eigenvalue weighted by Crippen LogP contribution is 2.05. The molecule has 0 aliphatic carbocycles. The second kappa shape index (κ2) is 7.33. The first kappa shape index (κ1) is 16.9. The predicted octanol–water partition coefficient (Wildman–Crippen LogP) is -0.243. The second-order valence-electron chi connectivity index (χ2n) is 4.38. The maximum atomic E-state index is 11.9. The minimum atomic E-state index is -1.63. The van der Waals surface area contributed by atoms with E-state index in [1.807, 2.05) is 13.8 Å². The summed E-state index contributed by atoms with van der Waals surface area (Å²) in [7, 11) is 1.21. The van der Waals surface area contributed by atoms with Crippen molar-refractivity contribution in [1.29, 1.82) is 0 Å². The van der Waals surface area contributed by atoms with Crippen LogP contribution in [0.1, 0.15) is 27.7 Å². The molecule has 2 atom stereocenters. The highest BCUT2D eigenvalue weighted by Gasteiger charge is 2.32. The lowest BCUT2D eigenvalue weighted by Gasteiger charge is -2.26. The van der Waals surface area contributed by atoms with E-state index in [2.05, 4.69) is 10.1 Å². The van der Waals surface area contributed by atoms with E-state index in [-0.39, 0.29) is 12.5 Å². The van der Waals surface area contributed by atoms with Gasteiger partial charge in [-0.3, -0.25) is 4.79 Å². The zero-order valence-electron chi connectivity index (χ0n) is 11.8. The molecule has 0 saturated heterocycles. The van der Waals surface area contributed by atoms with Crippen molar-refractivity contribution in [3.63, 3.8) is 0 Å². The van der Waals surface area contributed by atoms with Crippen molar-refractivity contribution in [2.24, 2.45) is 0 Å². The summed E-state index contributed by atoms with van der Waals surface area (Å²) in [4.78, 5) is 24.9. The van der Waals surface area contributed by atoms with Gasteiger partial charge in [-0.05, 0) is 27.7 Å². The van der Waals surface area contributed by atoms with Crippen LogP contribution in [0.25, 0.3) is 0 Å². The van der Waals surface area contributed by atoms with Crippen molar-refractivity contribution >= 4 is 11.9 Å². The molecule has 0 aliphatic rings. The Bertz CT molecular complexity index is 288. The first-order valence-corrected chi connectivity index (χ1v) is 6.13. The Labute approximate surface area is 108 Å². The molecule has 6 heteroatoms. The van der Waals surface area contributed by atoms with E-state index in [0.29, 0.717) is 13.1 Å². The molecule has 0 aromatic heterocycles. The van der Waals surface area contributed by atoms with Gasteiger partial charge in [-0.1, -0.05) is 0 Å². The van der Waals surface area contributed by atoms with Crippen LogP contribution in [0, 0.1) is 0 Å². The van der Waals surface area contributed by atoms with Crippen LogP contribution in [0.3, 0.4) is 0 Å². The lowest BCUT2D eigenvalue weighted by Crippen LogP contribution is -2.52. The van der Waals surface area contributed by atoms with Crippen LogP contribution in [0.4, 0.5) is 0 Å². The molecule has 0 heterocycles. The monoisotopic (exact) mass is 260 g/mol. The van der Waals surface area contributed by atoms with Gasteiger partial charge in [0, 0.05) is 19.6 Å². The van der Waals surface area contributed by atoms with Crippen molar-refractivity contribution in [3.8, 4) is 0 Å². The van der Waals surface area contributed by atoms with Gasteiger partial charge in [-0.15, -0.1) is 0 Å². The van der Waals surface area contributed by atoms with Crippen molar-refractivity contribution in [1.82, 2.24) is 10.2 Å². The number of hydrogen-bond donors (Lipinski definition) is 2. The molecule has 0 radical (unpaired) electrons. The highest BCUT2D eigenvalue weighted by atomic mass is 16.5. The van der Waals surface area contributed by atoms with Gasteiger partial charge in [0.1, 0.15) is 0 Å². The summed E-state index contributed by atoms with van der Waals surface area (Å²) in [5.74, 6) is -0.779. The van der Waals surface area contributed by atoms with Crippen LogP contribution in [-0.2, 0) is 14.3 Å². The SMILES string of the molecule is CCN(CC)C(=O)C(C)NCC(C)(O)C(=O)OC. The number of likely N-dealkylation sites (N-methyl/N-ethyl adjacent to an activating group) is 1. The standard InChI is InChI=1S/C12H24N2O4/c1-6-14(7-2)10(15)9(3)13-8-12(4,17)11(16)18-5/h9,13,17H,6-8H2,1-5H3. The maximum absolute atomic E-state index is 11.9. The lowest BCUT2D eigenvalue weighted by atomic mass is 10.1. The minimum Gasteiger partial charge on any atom is -0.467 e. The number of carbonyl (C=O) groups excluding carboxylic acids is 2. The Kier molecular flexibility index (Phi) is 6.86. The average Bonchev–Trinajstić information content (AvgIpc) is 2.36. The Hall–Kier alpha value is -1.14. The van der Waals surface area contributed by atoms with E-state index in [1.54, 1.807) is 11.8 Å². The van der Waals surface area contributed by atoms with Gasteiger partial charge < -0.3 is 20.1 Å². The molecule has 0 aliphatic heterocycles. The molecule has 2 unspecified atom stereocenters. The number of esters is 1. The van der Waals surface area contributed by atoms with Crippen LogP contribution in [0.15, 0.2) is 0 Å². The third-order valence-corrected chi connectivity index (χ3v) is 2.82. The molecule has 0 aromatic carbocycles. The topological polar surface area (TPSA) is 78.9 Å². The van der Waals surface area contributed by atoms with Gasteiger partial charge in [0.25, 0.3) is 0 Å². The van der Waals surface area contributed by atoms with Crippen molar-refractivity contribution in [3.05, 3.63) is 0 Å². The largest absolute Gasteiger partial charge is 0.467 e. The molecular weight excluding hydrogens is 236 g/mol. The molecule has 18 heavy (non-hydrogen) atoms. The third-order valence-electron chi connectivity index (χ3n) is 2.82. The summed E-state index contributed by atoms with van der Waals surface area (Å²) in [6.45, 7) is 8.09. The third kappa shape index (κ3) is 4.62. The summed E-state index contributed by atoms with van der Waals surface area (Å²) in [6, 6.07) is -0.457. The highest BCUT2D eigenvalue weighted by molar-refractivity contribution is 5.82. The van der Waals surface area contributed by atoms with Crippen LogP contribution >= 0.6 is 0 Å². The molecule has 6 nitrogen and oxygen atoms in total. The molecule has 0 rings (SSSR count). The molecule has 0 fully saturated rings. The van der Waals surface area contributed by atoms with E-state index in [9.17, 15) is 14.7 Å². The number of nitrogens with one attached hydrogen (secondary N) is 1. The summed E-state index contributed by atoms with van der Waals surface area (Å²) in [6.07, 6.45) is 0. The summed E-state index contributed by atoms with van der Waals surface area (Å²) < 4.78 is 4.47. The minimum absolute atomic E-state index is 0.0339. The summed E-state index contributed by atoms with van der Waals surface area (Å²) >= 11 is 0. The van der Waals surface area contributed by atoms with Crippen LogP contribution < -0.4 is 5.32 Å². The molecule has 0 aromatic rings.